The number of aryl methyl sites for hydroxylation is 1. The first-order valence-electron chi connectivity index (χ1n) is 20.0. The van der Waals surface area contributed by atoms with E-state index in [0.29, 0.717) is 37.2 Å². The highest BCUT2D eigenvalue weighted by molar-refractivity contribution is 7.53. The first-order valence-corrected chi connectivity index (χ1v) is 24.2. The van der Waals surface area contributed by atoms with Crippen LogP contribution in [-0.4, -0.2) is 54.2 Å². The highest BCUT2D eigenvalue weighted by Gasteiger charge is 2.59. The largest absolute Gasteiger partial charge is 0.491 e. The first-order chi connectivity index (χ1) is 28.2. The Morgan fingerprint density at radius 2 is 1.07 bits per heavy atom. The van der Waals surface area contributed by atoms with Gasteiger partial charge in [-0.05, 0) is 85.4 Å². The molecule has 10 nitrogen and oxygen atoms in total. The lowest BCUT2D eigenvalue weighted by atomic mass is 9.74. The molecular formula is C46H52N2O8P2S. The third-order valence-corrected chi connectivity index (χ3v) is 16.5. The maximum atomic E-state index is 13.5. The minimum atomic E-state index is -4.55. The van der Waals surface area contributed by atoms with Crippen molar-refractivity contribution in [1.82, 2.24) is 9.13 Å². The second kappa shape index (κ2) is 16.5. The zero-order valence-electron chi connectivity index (χ0n) is 34.3. The number of hydrogen-bond acceptors (Lipinski definition) is 5. The van der Waals surface area contributed by atoms with Gasteiger partial charge in [-0.1, -0.05) is 88.4 Å². The number of nitrogens with zero attached hydrogens (tertiary/aromatic N) is 2. The van der Waals surface area contributed by atoms with Crippen LogP contribution in [0.1, 0.15) is 74.3 Å². The molecule has 0 atom stereocenters. The second-order valence-electron chi connectivity index (χ2n) is 15.0. The summed E-state index contributed by atoms with van der Waals surface area (Å²) in [5.74, 6) is 1.25. The topological polar surface area (TPSA) is 143 Å². The van der Waals surface area contributed by atoms with Crippen molar-refractivity contribution in [2.45, 2.75) is 70.6 Å². The molecule has 7 aromatic rings. The van der Waals surface area contributed by atoms with E-state index in [0.717, 1.165) is 64.5 Å². The molecule has 0 aliphatic heterocycles. The molecule has 13 heteroatoms. The van der Waals surface area contributed by atoms with Crippen LogP contribution in [0.15, 0.2) is 84.9 Å². The van der Waals surface area contributed by atoms with Crippen LogP contribution in [0.4, 0.5) is 0 Å². The highest BCUT2D eigenvalue weighted by atomic mass is 32.1. The Labute approximate surface area is 348 Å². The van der Waals surface area contributed by atoms with Gasteiger partial charge in [0.2, 0.25) is 0 Å². The maximum Gasteiger partial charge on any atom is 0.333 e. The lowest BCUT2D eigenvalue weighted by Gasteiger charge is -2.51. The van der Waals surface area contributed by atoms with Crippen molar-refractivity contribution in [2.75, 3.05) is 20.4 Å². The first kappa shape index (κ1) is 42.7. The molecule has 0 saturated carbocycles. The zero-order chi connectivity index (χ0) is 42.3. The normalized spacial score (nSPS) is 13.3. The van der Waals surface area contributed by atoms with Gasteiger partial charge in [0.25, 0.3) is 0 Å². The number of thiophene rings is 1. The summed E-state index contributed by atoms with van der Waals surface area (Å²) in [6.45, 7) is 8.09. The molecule has 0 unspecified atom stereocenters. The summed E-state index contributed by atoms with van der Waals surface area (Å²) in [5.41, 5.74) is 4.82. The summed E-state index contributed by atoms with van der Waals surface area (Å²) in [5, 5.41) is 2.81. The standard InChI is InChI=1S/C46H52N2O8P2S/c1-7-45(8-2,46(9-3,10-4)58(52,53)54)48-39-18-14-12-16-34(39)36-30-32(20-24-40(36)48)22-26-42-44(56-6)43(55-5)41(59-42)25-21-31-19-23-38-35(29-31)33-15-11-13-17-37(33)47(38)27-28-57(49,50)51/h11-26,29-30H,7-10,27-28H2,1-6H3,(H2,49,50,51)(H2,52,53,54)/b25-21+,26-22+. The van der Waals surface area contributed by atoms with Gasteiger partial charge < -0.3 is 38.2 Å². The molecule has 0 radical (unpaired) electrons. The van der Waals surface area contributed by atoms with Gasteiger partial charge in [-0.3, -0.25) is 9.13 Å². The predicted molar refractivity (Wildman–Crippen MR) is 245 cm³/mol. The van der Waals surface area contributed by atoms with Crippen molar-refractivity contribution < 1.29 is 38.2 Å². The van der Waals surface area contributed by atoms with Crippen molar-refractivity contribution in [3.8, 4) is 11.5 Å². The van der Waals surface area contributed by atoms with Crippen molar-refractivity contribution in [3.63, 3.8) is 0 Å². The van der Waals surface area contributed by atoms with Gasteiger partial charge in [-0.15, -0.1) is 11.3 Å². The number of methoxy groups -OCH3 is 2. The van der Waals surface area contributed by atoms with Crippen LogP contribution < -0.4 is 9.47 Å². The smallest absolute Gasteiger partial charge is 0.333 e. The molecule has 3 heterocycles. The molecule has 0 aliphatic rings. The van der Waals surface area contributed by atoms with E-state index in [1.54, 1.807) is 25.6 Å². The molecule has 0 saturated heterocycles. The Hall–Kier alpha value is -4.44. The summed E-state index contributed by atoms with van der Waals surface area (Å²) in [6.07, 6.45) is 9.68. The number of para-hydroxylation sites is 2. The summed E-state index contributed by atoms with van der Waals surface area (Å²) in [7, 11) is -5.47. The molecule has 310 valence electrons. The summed E-state index contributed by atoms with van der Waals surface area (Å²) < 4.78 is 41.2. The Bertz CT molecular complexity index is 2830. The number of hydrogen-bond donors (Lipinski definition) is 4. The lowest BCUT2D eigenvalue weighted by Crippen LogP contribution is -2.54. The Morgan fingerprint density at radius 3 is 1.56 bits per heavy atom. The minimum Gasteiger partial charge on any atom is -0.491 e. The summed E-state index contributed by atoms with van der Waals surface area (Å²) >= 11 is 1.54. The molecule has 7 rings (SSSR count). The van der Waals surface area contributed by atoms with Crippen LogP contribution in [0.3, 0.4) is 0 Å². The fourth-order valence-corrected chi connectivity index (χ4v) is 12.9. The number of benzene rings is 4. The van der Waals surface area contributed by atoms with Gasteiger partial charge in [0.15, 0.2) is 11.5 Å². The monoisotopic (exact) mass is 854 g/mol. The van der Waals surface area contributed by atoms with Crippen molar-refractivity contribution in [1.29, 1.82) is 0 Å². The van der Waals surface area contributed by atoms with E-state index in [4.69, 9.17) is 9.47 Å². The van der Waals surface area contributed by atoms with Crippen molar-refractivity contribution >= 4 is 94.4 Å². The quantitative estimate of drug-likeness (QED) is 0.0704. The van der Waals surface area contributed by atoms with Gasteiger partial charge in [-0.25, -0.2) is 0 Å². The van der Waals surface area contributed by atoms with E-state index >= 15 is 0 Å². The maximum absolute atomic E-state index is 13.5. The van der Waals surface area contributed by atoms with Crippen LogP contribution >= 0.6 is 26.5 Å². The van der Waals surface area contributed by atoms with Crippen LogP contribution in [0.5, 0.6) is 11.5 Å². The number of fused-ring (bicyclic) bond motifs is 6. The van der Waals surface area contributed by atoms with Crippen LogP contribution in [0.2, 0.25) is 0 Å². The molecule has 3 aromatic heterocycles. The van der Waals surface area contributed by atoms with Gasteiger partial charge in [0.05, 0.1) is 40.8 Å². The second-order valence-corrected chi connectivity index (χ2v) is 19.9. The fourth-order valence-electron chi connectivity index (χ4n) is 9.61. The average molecular weight is 855 g/mol. The van der Waals surface area contributed by atoms with E-state index in [9.17, 15) is 28.7 Å². The molecule has 0 bridgehead atoms. The summed E-state index contributed by atoms with van der Waals surface area (Å²) in [6, 6.07) is 28.4. The number of aromatic nitrogens is 2. The van der Waals surface area contributed by atoms with Gasteiger partial charge in [0, 0.05) is 50.2 Å². The number of ether oxygens (including phenoxy) is 2. The molecule has 4 N–H and O–H groups in total. The molecule has 0 aliphatic carbocycles. The molecule has 0 spiro atoms. The van der Waals surface area contributed by atoms with E-state index in [1.807, 2.05) is 105 Å². The third kappa shape index (κ3) is 7.31. The van der Waals surface area contributed by atoms with Crippen molar-refractivity contribution in [3.05, 3.63) is 106 Å². The molecule has 59 heavy (non-hydrogen) atoms. The average Bonchev–Trinajstić information content (AvgIpc) is 3.86. The van der Waals surface area contributed by atoms with Gasteiger partial charge in [-0.2, -0.15) is 0 Å². The molecule has 0 fully saturated rings. The fraction of sp³-hybridized carbons (Fsp3) is 0.304. The lowest BCUT2D eigenvalue weighted by molar-refractivity contribution is 0.142. The van der Waals surface area contributed by atoms with Crippen molar-refractivity contribution in [2.24, 2.45) is 0 Å². The summed E-state index contributed by atoms with van der Waals surface area (Å²) in [4.78, 5) is 42.9. The van der Waals surface area contributed by atoms with Gasteiger partial charge in [0.1, 0.15) is 0 Å². The Balaban J connectivity index is 1.26. The third-order valence-electron chi connectivity index (χ3n) is 12.4. The van der Waals surface area contributed by atoms with Gasteiger partial charge >= 0.3 is 15.2 Å². The number of rotatable bonds is 16. The zero-order valence-corrected chi connectivity index (χ0v) is 36.9. The predicted octanol–water partition coefficient (Wildman–Crippen LogP) is 11.8. The van der Waals surface area contributed by atoms with Crippen LogP contribution in [0, 0.1) is 0 Å². The SMILES string of the molecule is CCC(CC)(n1c2ccccc2c2cc(/C=C/c3sc(/C=C/c4ccc5c(c4)c4ccccc4n5CCP(=O)(O)O)c(OC)c3OC)ccc21)C(CC)(CC)P(=O)(O)O. The van der Waals surface area contributed by atoms with E-state index < -0.39 is 25.9 Å². The van der Waals surface area contributed by atoms with E-state index in [-0.39, 0.29) is 12.7 Å². The van der Waals surface area contributed by atoms with E-state index in [2.05, 4.69) is 41.0 Å². The van der Waals surface area contributed by atoms with Crippen LogP contribution in [-0.2, 0) is 21.2 Å². The highest BCUT2D eigenvalue weighted by Crippen LogP contribution is 2.65. The minimum absolute atomic E-state index is 0.208. The Kier molecular flexibility index (Phi) is 12.0. The molecule has 0 amide bonds. The van der Waals surface area contributed by atoms with Crippen LogP contribution in [0.25, 0.3) is 67.9 Å². The Morgan fingerprint density at radius 1 is 0.610 bits per heavy atom. The molecular weight excluding hydrogens is 803 g/mol. The van der Waals surface area contributed by atoms with E-state index in [1.165, 1.54) is 0 Å². The molecule has 4 aromatic carbocycles.